The predicted octanol–water partition coefficient (Wildman–Crippen LogP) is 2.95. The molecule has 1 N–H and O–H groups in total. The van der Waals surface area contributed by atoms with Crippen LogP contribution in [0.4, 0.5) is 8.78 Å². The van der Waals surface area contributed by atoms with Gasteiger partial charge in [0.1, 0.15) is 0 Å². The molecule has 1 nitrogen and oxygen atoms in total. The van der Waals surface area contributed by atoms with Crippen molar-refractivity contribution in [1.29, 1.82) is 0 Å². The first kappa shape index (κ1) is 11.5. The standard InChI is InChI=1S/C13H16F2O/c1-12(14,15)8-10-3-2-4-11(7-10)9-13(16)5-6-13/h2-4,7,16H,5-6,8-9H2,1H3. The Hall–Kier alpha value is -0.960. The van der Waals surface area contributed by atoms with Crippen molar-refractivity contribution in [2.45, 2.75) is 44.1 Å². The molecule has 0 aromatic heterocycles. The molecule has 0 spiro atoms. The van der Waals surface area contributed by atoms with Crippen LogP contribution in [0, 0.1) is 0 Å². The van der Waals surface area contributed by atoms with Crippen molar-refractivity contribution in [3.63, 3.8) is 0 Å². The van der Waals surface area contributed by atoms with Crippen LogP contribution < -0.4 is 0 Å². The van der Waals surface area contributed by atoms with Crippen LogP contribution in [0.15, 0.2) is 24.3 Å². The zero-order chi connectivity index (χ0) is 11.8. The topological polar surface area (TPSA) is 20.2 Å². The zero-order valence-corrected chi connectivity index (χ0v) is 9.34. The first-order valence-corrected chi connectivity index (χ1v) is 5.54. The van der Waals surface area contributed by atoms with Gasteiger partial charge in [-0.05, 0) is 30.9 Å². The molecule has 0 heterocycles. The van der Waals surface area contributed by atoms with Gasteiger partial charge in [0.2, 0.25) is 5.92 Å². The first-order chi connectivity index (χ1) is 7.36. The summed E-state index contributed by atoms with van der Waals surface area (Å²) in [6.45, 7) is 0.925. The van der Waals surface area contributed by atoms with Crippen LogP contribution in [-0.2, 0) is 12.8 Å². The van der Waals surface area contributed by atoms with Crippen LogP contribution in [0.25, 0.3) is 0 Å². The smallest absolute Gasteiger partial charge is 0.249 e. The summed E-state index contributed by atoms with van der Waals surface area (Å²) in [6.07, 6.45) is 1.98. The minimum atomic E-state index is -2.67. The minimum absolute atomic E-state index is 0.237. The molecule has 88 valence electrons. The Morgan fingerprint density at radius 2 is 1.94 bits per heavy atom. The third kappa shape index (κ3) is 3.27. The summed E-state index contributed by atoms with van der Waals surface area (Å²) in [4.78, 5) is 0. The Morgan fingerprint density at radius 1 is 1.31 bits per heavy atom. The number of benzene rings is 1. The van der Waals surface area contributed by atoms with E-state index in [1.807, 2.05) is 6.07 Å². The zero-order valence-electron chi connectivity index (χ0n) is 9.34. The first-order valence-electron chi connectivity index (χ1n) is 5.54. The number of halogens is 2. The predicted molar refractivity (Wildman–Crippen MR) is 58.7 cm³/mol. The third-order valence-electron chi connectivity index (χ3n) is 2.87. The molecule has 1 aromatic carbocycles. The maximum atomic E-state index is 12.8. The largest absolute Gasteiger partial charge is 0.390 e. The molecule has 1 aliphatic carbocycles. The lowest BCUT2D eigenvalue weighted by Crippen LogP contribution is -2.14. The Balaban J connectivity index is 2.07. The Morgan fingerprint density at radius 3 is 2.50 bits per heavy atom. The Kier molecular flexibility index (Phi) is 2.74. The number of hydrogen-bond donors (Lipinski definition) is 1. The minimum Gasteiger partial charge on any atom is -0.390 e. The second-order valence-corrected chi connectivity index (χ2v) is 4.97. The van der Waals surface area contributed by atoms with Gasteiger partial charge in [0.05, 0.1) is 5.60 Å². The summed E-state index contributed by atoms with van der Waals surface area (Å²) in [5, 5.41) is 9.76. The second kappa shape index (κ2) is 3.81. The number of aliphatic hydroxyl groups is 1. The lowest BCUT2D eigenvalue weighted by atomic mass is 10.0. The molecule has 16 heavy (non-hydrogen) atoms. The maximum Gasteiger partial charge on any atom is 0.249 e. The highest BCUT2D eigenvalue weighted by molar-refractivity contribution is 5.26. The average Bonchev–Trinajstić information content (AvgIpc) is 2.80. The van der Waals surface area contributed by atoms with Crippen LogP contribution in [0.3, 0.4) is 0 Å². The average molecular weight is 226 g/mol. The second-order valence-electron chi connectivity index (χ2n) is 4.97. The van der Waals surface area contributed by atoms with E-state index in [2.05, 4.69) is 0 Å². The van der Waals surface area contributed by atoms with Crippen LogP contribution in [0.5, 0.6) is 0 Å². The van der Waals surface area contributed by atoms with Gasteiger partial charge in [-0.15, -0.1) is 0 Å². The van der Waals surface area contributed by atoms with E-state index in [1.165, 1.54) is 0 Å². The maximum absolute atomic E-state index is 12.8. The summed E-state index contributed by atoms with van der Waals surface area (Å²) >= 11 is 0. The molecule has 0 saturated heterocycles. The fourth-order valence-corrected chi connectivity index (χ4v) is 1.91. The molecule has 3 heteroatoms. The number of alkyl halides is 2. The lowest BCUT2D eigenvalue weighted by molar-refractivity contribution is 0.0226. The van der Waals surface area contributed by atoms with Gasteiger partial charge in [0.25, 0.3) is 0 Å². The van der Waals surface area contributed by atoms with Crippen LogP contribution in [-0.4, -0.2) is 16.6 Å². The fraction of sp³-hybridized carbons (Fsp3) is 0.538. The summed E-state index contributed by atoms with van der Waals surface area (Å²) in [5.74, 6) is -2.67. The summed E-state index contributed by atoms with van der Waals surface area (Å²) in [6, 6.07) is 7.14. The van der Waals surface area contributed by atoms with E-state index in [0.717, 1.165) is 25.3 Å². The molecule has 0 atom stereocenters. The molecular weight excluding hydrogens is 210 g/mol. The van der Waals surface area contributed by atoms with Gasteiger partial charge >= 0.3 is 0 Å². The molecule has 1 aliphatic rings. The number of hydrogen-bond acceptors (Lipinski definition) is 1. The van der Waals surface area contributed by atoms with Crippen molar-refractivity contribution in [2.75, 3.05) is 0 Å². The summed E-state index contributed by atoms with van der Waals surface area (Å²) in [7, 11) is 0. The van der Waals surface area contributed by atoms with Gasteiger partial charge in [-0.25, -0.2) is 8.78 Å². The number of rotatable bonds is 4. The van der Waals surface area contributed by atoms with Crippen LogP contribution >= 0.6 is 0 Å². The highest BCUT2D eigenvalue weighted by atomic mass is 19.3. The fourth-order valence-electron chi connectivity index (χ4n) is 1.91. The molecule has 0 unspecified atom stereocenters. The molecule has 2 rings (SSSR count). The molecule has 0 amide bonds. The van der Waals surface area contributed by atoms with E-state index >= 15 is 0 Å². The van der Waals surface area contributed by atoms with Crippen molar-refractivity contribution in [3.8, 4) is 0 Å². The van der Waals surface area contributed by atoms with E-state index < -0.39 is 11.5 Å². The highest BCUT2D eigenvalue weighted by Crippen LogP contribution is 2.38. The van der Waals surface area contributed by atoms with Crippen LogP contribution in [0.2, 0.25) is 0 Å². The van der Waals surface area contributed by atoms with Gasteiger partial charge in [-0.2, -0.15) is 0 Å². The van der Waals surface area contributed by atoms with Crippen molar-refractivity contribution in [1.82, 2.24) is 0 Å². The van der Waals surface area contributed by atoms with Crippen molar-refractivity contribution in [3.05, 3.63) is 35.4 Å². The highest BCUT2D eigenvalue weighted by Gasteiger charge is 2.40. The van der Waals surface area contributed by atoms with E-state index in [1.54, 1.807) is 18.2 Å². The van der Waals surface area contributed by atoms with E-state index in [4.69, 9.17) is 0 Å². The molecule has 0 aliphatic heterocycles. The van der Waals surface area contributed by atoms with Gasteiger partial charge in [0, 0.05) is 12.8 Å². The molecular formula is C13H16F2O. The Labute approximate surface area is 94.1 Å². The van der Waals surface area contributed by atoms with Crippen molar-refractivity contribution in [2.24, 2.45) is 0 Å². The molecule has 0 radical (unpaired) electrons. The van der Waals surface area contributed by atoms with Crippen molar-refractivity contribution >= 4 is 0 Å². The van der Waals surface area contributed by atoms with Crippen LogP contribution in [0.1, 0.15) is 30.9 Å². The van der Waals surface area contributed by atoms with Gasteiger partial charge in [-0.3, -0.25) is 0 Å². The molecule has 0 bridgehead atoms. The molecule has 1 aromatic rings. The quantitative estimate of drug-likeness (QED) is 0.836. The third-order valence-corrected chi connectivity index (χ3v) is 2.87. The van der Waals surface area contributed by atoms with E-state index in [9.17, 15) is 13.9 Å². The van der Waals surface area contributed by atoms with Crippen molar-refractivity contribution < 1.29 is 13.9 Å². The molecule has 1 saturated carbocycles. The summed E-state index contributed by atoms with van der Waals surface area (Å²) < 4.78 is 25.7. The normalized spacial score (nSPS) is 18.5. The van der Waals surface area contributed by atoms with Gasteiger partial charge in [0.15, 0.2) is 0 Å². The van der Waals surface area contributed by atoms with Gasteiger partial charge in [-0.1, -0.05) is 24.3 Å². The monoisotopic (exact) mass is 226 g/mol. The van der Waals surface area contributed by atoms with Gasteiger partial charge < -0.3 is 5.11 Å². The SMILES string of the molecule is CC(F)(F)Cc1cccc(CC2(O)CC2)c1. The Bertz CT molecular complexity index is 355. The van der Waals surface area contributed by atoms with E-state index in [-0.39, 0.29) is 6.42 Å². The van der Waals surface area contributed by atoms with E-state index in [0.29, 0.717) is 12.0 Å². The summed E-state index contributed by atoms with van der Waals surface area (Å²) in [5.41, 5.74) is 1.02. The lowest BCUT2D eigenvalue weighted by Gasteiger charge is -2.12. The molecule has 1 fully saturated rings.